The lowest BCUT2D eigenvalue weighted by Gasteiger charge is -2.19. The SMILES string of the molecule is CCCc1ccccc1N1C(=O)CS/C1=N\C(=S)NCCCc1ccc(-c2ncn(-c3ccc(OC(F)(F)F)cc3)n2)cc1. The van der Waals surface area contributed by atoms with E-state index >= 15 is 0 Å². The maximum atomic E-state index is 12.7. The van der Waals surface area contributed by atoms with Crippen molar-refractivity contribution in [2.24, 2.45) is 4.99 Å². The number of thiocarbonyl (C=S) groups is 1. The molecule has 4 aromatic rings. The van der Waals surface area contributed by atoms with Crippen molar-refractivity contribution in [3.8, 4) is 22.8 Å². The zero-order valence-corrected chi connectivity index (χ0v) is 25.4. The van der Waals surface area contributed by atoms with E-state index in [1.54, 1.807) is 4.90 Å². The highest BCUT2D eigenvalue weighted by Crippen LogP contribution is 2.30. The summed E-state index contributed by atoms with van der Waals surface area (Å²) in [5.41, 5.74) is 4.47. The molecule has 0 spiro atoms. The number of aryl methyl sites for hydroxylation is 2. The molecule has 1 aliphatic heterocycles. The Labute approximate surface area is 262 Å². The van der Waals surface area contributed by atoms with Crippen LogP contribution in [0.4, 0.5) is 18.9 Å². The first kappa shape index (κ1) is 31.2. The fourth-order valence-corrected chi connectivity index (χ4v) is 5.76. The molecule has 1 aliphatic rings. The lowest BCUT2D eigenvalue weighted by Crippen LogP contribution is -2.32. The molecule has 1 saturated heterocycles. The molecule has 0 saturated carbocycles. The summed E-state index contributed by atoms with van der Waals surface area (Å²) in [6.45, 7) is 2.74. The Bertz CT molecular complexity index is 1640. The van der Waals surface area contributed by atoms with E-state index in [9.17, 15) is 18.0 Å². The van der Waals surface area contributed by atoms with Gasteiger partial charge in [-0.1, -0.05) is 67.6 Å². The van der Waals surface area contributed by atoms with Crippen LogP contribution in [0.15, 0.2) is 84.1 Å². The molecule has 3 aromatic carbocycles. The molecule has 5 rings (SSSR count). The molecule has 0 atom stereocenters. The minimum atomic E-state index is -4.74. The highest BCUT2D eigenvalue weighted by Gasteiger charge is 2.32. The summed E-state index contributed by atoms with van der Waals surface area (Å²) in [5, 5.41) is 8.57. The molecule has 44 heavy (non-hydrogen) atoms. The van der Waals surface area contributed by atoms with E-state index in [1.807, 2.05) is 48.5 Å². The predicted octanol–water partition coefficient (Wildman–Crippen LogP) is 6.73. The van der Waals surface area contributed by atoms with E-state index in [0.717, 1.165) is 48.1 Å². The summed E-state index contributed by atoms with van der Waals surface area (Å²) in [6.07, 6.45) is 0.248. The Morgan fingerprint density at radius 2 is 1.82 bits per heavy atom. The lowest BCUT2D eigenvalue weighted by atomic mass is 10.1. The number of thioether (sulfide) groups is 1. The molecule has 228 valence electrons. The van der Waals surface area contributed by atoms with Gasteiger partial charge in [0.2, 0.25) is 5.91 Å². The number of anilines is 1. The van der Waals surface area contributed by atoms with Crippen molar-refractivity contribution < 1.29 is 22.7 Å². The Morgan fingerprint density at radius 1 is 1.07 bits per heavy atom. The average Bonchev–Trinajstić information content (AvgIpc) is 3.63. The fraction of sp³-hybridized carbons (Fsp3) is 0.258. The van der Waals surface area contributed by atoms with Gasteiger partial charge in [0.15, 0.2) is 16.1 Å². The number of amides is 1. The number of halogens is 3. The Hall–Kier alpha value is -4.23. The molecule has 1 aromatic heterocycles. The molecular weight excluding hydrogens is 610 g/mol. The number of para-hydroxylation sites is 1. The van der Waals surface area contributed by atoms with Crippen LogP contribution in [0.5, 0.6) is 5.75 Å². The maximum Gasteiger partial charge on any atom is 0.573 e. The number of carbonyl (C=O) groups is 1. The number of carbonyl (C=O) groups excluding carboxylic acids is 1. The van der Waals surface area contributed by atoms with Crippen molar-refractivity contribution in [3.63, 3.8) is 0 Å². The van der Waals surface area contributed by atoms with Gasteiger partial charge in [0.25, 0.3) is 0 Å². The Kier molecular flexibility index (Phi) is 9.95. The fourth-order valence-electron chi connectivity index (χ4n) is 4.65. The molecule has 1 N–H and O–H groups in total. The summed E-state index contributed by atoms with van der Waals surface area (Å²) in [5.74, 6) is 0.524. The van der Waals surface area contributed by atoms with Crippen molar-refractivity contribution in [1.82, 2.24) is 20.1 Å². The van der Waals surface area contributed by atoms with Crippen molar-refractivity contribution in [3.05, 3.63) is 90.3 Å². The first-order valence-corrected chi connectivity index (χ1v) is 15.4. The number of rotatable bonds is 10. The molecule has 1 fully saturated rings. The second-order valence-electron chi connectivity index (χ2n) is 9.88. The van der Waals surface area contributed by atoms with E-state index in [-0.39, 0.29) is 11.7 Å². The van der Waals surface area contributed by atoms with Crippen molar-refractivity contribution >= 4 is 45.9 Å². The van der Waals surface area contributed by atoms with Crippen LogP contribution in [0, 0.1) is 0 Å². The smallest absolute Gasteiger partial charge is 0.406 e. The third-order valence-corrected chi connectivity index (χ3v) is 7.83. The largest absolute Gasteiger partial charge is 0.573 e. The van der Waals surface area contributed by atoms with Gasteiger partial charge in [0.05, 0.1) is 17.1 Å². The number of hydrogen-bond donors (Lipinski definition) is 1. The molecule has 13 heteroatoms. The van der Waals surface area contributed by atoms with E-state index in [1.165, 1.54) is 47.0 Å². The number of nitrogens with zero attached hydrogens (tertiary/aromatic N) is 5. The van der Waals surface area contributed by atoms with Crippen LogP contribution in [0.25, 0.3) is 17.1 Å². The van der Waals surface area contributed by atoms with Crippen LogP contribution in [0.2, 0.25) is 0 Å². The zero-order valence-electron chi connectivity index (χ0n) is 23.8. The second-order valence-corrected chi connectivity index (χ2v) is 11.2. The third-order valence-electron chi connectivity index (χ3n) is 6.67. The van der Waals surface area contributed by atoms with Gasteiger partial charge in [-0.05, 0) is 72.9 Å². The molecule has 0 aliphatic carbocycles. The number of benzene rings is 3. The highest BCUT2D eigenvalue weighted by atomic mass is 32.2. The minimum Gasteiger partial charge on any atom is -0.406 e. The molecule has 2 heterocycles. The van der Waals surface area contributed by atoms with E-state index in [0.29, 0.717) is 34.1 Å². The Morgan fingerprint density at radius 3 is 2.55 bits per heavy atom. The number of nitrogens with one attached hydrogen (secondary N) is 1. The van der Waals surface area contributed by atoms with Crippen molar-refractivity contribution in [1.29, 1.82) is 0 Å². The zero-order chi connectivity index (χ0) is 31.1. The van der Waals surface area contributed by atoms with Gasteiger partial charge >= 0.3 is 6.36 Å². The number of aliphatic imine (C=N–C) groups is 1. The van der Waals surface area contributed by atoms with Gasteiger partial charge < -0.3 is 10.1 Å². The number of hydrogen-bond acceptors (Lipinski definition) is 6. The van der Waals surface area contributed by atoms with Gasteiger partial charge in [-0.3, -0.25) is 9.69 Å². The van der Waals surface area contributed by atoms with Crippen LogP contribution in [0.1, 0.15) is 30.9 Å². The normalized spacial score (nSPS) is 14.3. The van der Waals surface area contributed by atoms with Crippen LogP contribution in [-0.2, 0) is 17.6 Å². The minimum absolute atomic E-state index is 0.000804. The van der Waals surface area contributed by atoms with Gasteiger partial charge in [-0.15, -0.1) is 18.3 Å². The summed E-state index contributed by atoms with van der Waals surface area (Å²) in [7, 11) is 0. The Balaban J connectivity index is 1.12. The van der Waals surface area contributed by atoms with Crippen molar-refractivity contribution in [2.75, 3.05) is 17.2 Å². The number of aromatic nitrogens is 3. The first-order chi connectivity index (χ1) is 21.2. The quantitative estimate of drug-likeness (QED) is 0.152. The van der Waals surface area contributed by atoms with Crippen molar-refractivity contribution in [2.45, 2.75) is 39.0 Å². The van der Waals surface area contributed by atoms with Crippen LogP contribution in [-0.4, -0.2) is 49.6 Å². The molecule has 0 radical (unpaired) electrons. The van der Waals surface area contributed by atoms with Gasteiger partial charge in [0.1, 0.15) is 12.1 Å². The van der Waals surface area contributed by atoms with E-state index in [4.69, 9.17) is 12.2 Å². The monoisotopic (exact) mass is 638 g/mol. The average molecular weight is 639 g/mol. The second kappa shape index (κ2) is 14.0. The van der Waals surface area contributed by atoms with Crippen LogP contribution < -0.4 is 15.0 Å². The number of ether oxygens (including phenoxy) is 1. The summed E-state index contributed by atoms with van der Waals surface area (Å²) in [4.78, 5) is 23.2. The van der Waals surface area contributed by atoms with E-state index in [2.05, 4.69) is 32.1 Å². The predicted molar refractivity (Wildman–Crippen MR) is 170 cm³/mol. The number of alkyl halides is 3. The standard InChI is InChI=1S/C31H29F3N6O2S2/c1-2-6-22-8-3-4-9-26(22)40-27(41)19-44-30(40)37-29(43)35-18-5-7-21-10-12-23(13-11-21)28-36-20-39(38-28)24-14-16-25(17-15-24)42-31(32,33)34/h3-4,8-17,20H,2,5-7,18-19H2,1H3,(H,35,43)/b37-30-. The lowest BCUT2D eigenvalue weighted by molar-refractivity contribution is -0.274. The summed E-state index contributed by atoms with van der Waals surface area (Å²) in [6, 6.07) is 21.2. The maximum absolute atomic E-state index is 12.7. The van der Waals surface area contributed by atoms with Gasteiger partial charge in [-0.2, -0.15) is 4.99 Å². The summed E-state index contributed by atoms with van der Waals surface area (Å²) < 4.78 is 42.6. The molecule has 0 unspecified atom stereocenters. The topological polar surface area (TPSA) is 84.6 Å². The van der Waals surface area contributed by atoms with E-state index < -0.39 is 6.36 Å². The first-order valence-electron chi connectivity index (χ1n) is 14.0. The summed E-state index contributed by atoms with van der Waals surface area (Å²) >= 11 is 6.86. The molecule has 1 amide bonds. The number of amidine groups is 1. The van der Waals surface area contributed by atoms with Crippen LogP contribution >= 0.6 is 24.0 Å². The third kappa shape index (κ3) is 8.03. The molecular formula is C31H29F3N6O2S2. The van der Waals surface area contributed by atoms with Crippen LogP contribution in [0.3, 0.4) is 0 Å². The highest BCUT2D eigenvalue weighted by molar-refractivity contribution is 8.15. The molecule has 8 nitrogen and oxygen atoms in total. The van der Waals surface area contributed by atoms with Gasteiger partial charge in [0, 0.05) is 12.1 Å². The van der Waals surface area contributed by atoms with Gasteiger partial charge in [-0.25, -0.2) is 9.67 Å². The molecule has 0 bridgehead atoms.